The summed E-state index contributed by atoms with van der Waals surface area (Å²) in [6.07, 6.45) is 5.29. The molecule has 0 radical (unpaired) electrons. The first kappa shape index (κ1) is 12.8. The summed E-state index contributed by atoms with van der Waals surface area (Å²) in [4.78, 5) is 0. The summed E-state index contributed by atoms with van der Waals surface area (Å²) in [6.45, 7) is 5.35. The quantitative estimate of drug-likeness (QED) is 0.738. The van der Waals surface area contributed by atoms with Crippen LogP contribution >= 0.6 is 0 Å². The maximum Gasteiger partial charge on any atom is 0.0717 e. The molecule has 1 rings (SSSR count). The van der Waals surface area contributed by atoms with Crippen molar-refractivity contribution in [2.24, 2.45) is 0 Å². The second-order valence-corrected chi connectivity index (χ2v) is 3.96. The van der Waals surface area contributed by atoms with Crippen LogP contribution in [0.5, 0.6) is 0 Å². The molecule has 0 aromatic heterocycles. The van der Waals surface area contributed by atoms with Crippen LogP contribution in [0.15, 0.2) is 30.3 Å². The minimum absolute atomic E-state index is 0.0929. The van der Waals surface area contributed by atoms with Crippen LogP contribution in [-0.2, 0) is 11.3 Å². The van der Waals surface area contributed by atoms with Crippen LogP contribution in [0.2, 0.25) is 0 Å². The van der Waals surface area contributed by atoms with Crippen molar-refractivity contribution in [3.8, 4) is 12.3 Å². The summed E-state index contributed by atoms with van der Waals surface area (Å²) in [5.41, 5.74) is 1.19. The van der Waals surface area contributed by atoms with Crippen LogP contribution in [0.1, 0.15) is 19.4 Å². The standard InChI is InChI=1S/C14H19NO/c1-4-12(2)15-13(3)10-16-11-14-8-6-5-7-9-14/h1,5-9,12-13,15H,10-11H2,2-3H3. The molecule has 0 saturated carbocycles. The van der Waals surface area contributed by atoms with Gasteiger partial charge in [-0.1, -0.05) is 36.3 Å². The van der Waals surface area contributed by atoms with Crippen molar-refractivity contribution in [3.63, 3.8) is 0 Å². The van der Waals surface area contributed by atoms with E-state index in [1.165, 1.54) is 5.56 Å². The Morgan fingerprint density at radius 1 is 1.31 bits per heavy atom. The van der Waals surface area contributed by atoms with Gasteiger partial charge in [-0.2, -0.15) is 0 Å². The molecule has 0 aliphatic heterocycles. The molecular weight excluding hydrogens is 198 g/mol. The molecule has 0 aliphatic rings. The first-order valence-corrected chi connectivity index (χ1v) is 5.56. The summed E-state index contributed by atoms with van der Waals surface area (Å²) < 4.78 is 5.60. The summed E-state index contributed by atoms with van der Waals surface area (Å²) in [7, 11) is 0. The average Bonchev–Trinajstić information content (AvgIpc) is 2.30. The highest BCUT2D eigenvalue weighted by atomic mass is 16.5. The van der Waals surface area contributed by atoms with Gasteiger partial charge in [0.25, 0.3) is 0 Å². The zero-order valence-corrected chi connectivity index (χ0v) is 9.94. The third kappa shape index (κ3) is 4.97. The molecule has 0 saturated heterocycles. The summed E-state index contributed by atoms with van der Waals surface area (Å²) in [5.74, 6) is 2.64. The first-order valence-electron chi connectivity index (χ1n) is 5.56. The fraction of sp³-hybridized carbons (Fsp3) is 0.429. The van der Waals surface area contributed by atoms with Crippen LogP contribution in [0.3, 0.4) is 0 Å². The lowest BCUT2D eigenvalue weighted by atomic mass is 10.2. The number of rotatable bonds is 6. The molecule has 16 heavy (non-hydrogen) atoms. The van der Waals surface area contributed by atoms with Crippen molar-refractivity contribution in [2.45, 2.75) is 32.5 Å². The van der Waals surface area contributed by atoms with E-state index in [2.05, 4.69) is 30.3 Å². The topological polar surface area (TPSA) is 21.3 Å². The van der Waals surface area contributed by atoms with Crippen molar-refractivity contribution in [3.05, 3.63) is 35.9 Å². The molecule has 2 atom stereocenters. The zero-order chi connectivity index (χ0) is 11.8. The summed E-state index contributed by atoms with van der Waals surface area (Å²) >= 11 is 0. The van der Waals surface area contributed by atoms with Crippen molar-refractivity contribution < 1.29 is 4.74 Å². The van der Waals surface area contributed by atoms with E-state index in [0.717, 1.165) is 0 Å². The lowest BCUT2D eigenvalue weighted by molar-refractivity contribution is 0.102. The van der Waals surface area contributed by atoms with Crippen LogP contribution in [0.25, 0.3) is 0 Å². The summed E-state index contributed by atoms with van der Waals surface area (Å²) in [6, 6.07) is 10.5. The van der Waals surface area contributed by atoms with E-state index < -0.39 is 0 Å². The molecule has 0 heterocycles. The van der Waals surface area contributed by atoms with Gasteiger partial charge in [0, 0.05) is 6.04 Å². The minimum atomic E-state index is 0.0929. The number of hydrogen-bond acceptors (Lipinski definition) is 2. The number of hydrogen-bond donors (Lipinski definition) is 1. The van der Waals surface area contributed by atoms with Crippen LogP contribution in [-0.4, -0.2) is 18.7 Å². The number of benzene rings is 1. The number of terminal acetylenes is 1. The monoisotopic (exact) mass is 217 g/mol. The lowest BCUT2D eigenvalue weighted by Crippen LogP contribution is -2.36. The Morgan fingerprint density at radius 2 is 2.00 bits per heavy atom. The van der Waals surface area contributed by atoms with E-state index in [9.17, 15) is 0 Å². The van der Waals surface area contributed by atoms with Crippen molar-refractivity contribution >= 4 is 0 Å². The Hall–Kier alpha value is -1.30. The second kappa shape index (κ2) is 7.05. The van der Waals surface area contributed by atoms with Crippen LogP contribution < -0.4 is 5.32 Å². The molecule has 2 nitrogen and oxygen atoms in total. The van der Waals surface area contributed by atoms with Crippen LogP contribution in [0, 0.1) is 12.3 Å². The van der Waals surface area contributed by atoms with Crippen LogP contribution in [0.4, 0.5) is 0 Å². The van der Waals surface area contributed by atoms with Gasteiger partial charge in [-0.15, -0.1) is 6.42 Å². The molecule has 0 amide bonds. The smallest absolute Gasteiger partial charge is 0.0717 e. The van der Waals surface area contributed by atoms with Gasteiger partial charge in [0.2, 0.25) is 0 Å². The Kier molecular flexibility index (Phi) is 5.63. The van der Waals surface area contributed by atoms with Gasteiger partial charge < -0.3 is 4.74 Å². The molecule has 2 unspecified atom stereocenters. The van der Waals surface area contributed by atoms with E-state index in [0.29, 0.717) is 13.2 Å². The van der Waals surface area contributed by atoms with Gasteiger partial charge in [-0.05, 0) is 19.4 Å². The predicted octanol–water partition coefficient (Wildman–Crippen LogP) is 2.20. The highest BCUT2D eigenvalue weighted by Gasteiger charge is 2.04. The fourth-order valence-corrected chi connectivity index (χ4v) is 1.45. The van der Waals surface area contributed by atoms with Gasteiger partial charge in [0.15, 0.2) is 0 Å². The highest BCUT2D eigenvalue weighted by Crippen LogP contribution is 2.01. The van der Waals surface area contributed by atoms with Gasteiger partial charge in [-0.3, -0.25) is 5.32 Å². The molecule has 1 N–H and O–H groups in total. The Morgan fingerprint density at radius 3 is 2.62 bits per heavy atom. The molecule has 0 spiro atoms. The van der Waals surface area contributed by atoms with Gasteiger partial charge >= 0.3 is 0 Å². The fourth-order valence-electron chi connectivity index (χ4n) is 1.45. The minimum Gasteiger partial charge on any atom is -0.375 e. The predicted molar refractivity (Wildman–Crippen MR) is 67.0 cm³/mol. The number of ether oxygens (including phenoxy) is 1. The molecule has 1 aromatic carbocycles. The van der Waals surface area contributed by atoms with Gasteiger partial charge in [-0.25, -0.2) is 0 Å². The van der Waals surface area contributed by atoms with Crippen molar-refractivity contribution in [2.75, 3.05) is 6.61 Å². The van der Waals surface area contributed by atoms with E-state index in [1.54, 1.807) is 0 Å². The SMILES string of the molecule is C#CC(C)NC(C)COCc1ccccc1. The molecule has 0 aliphatic carbocycles. The second-order valence-electron chi connectivity index (χ2n) is 3.96. The van der Waals surface area contributed by atoms with Gasteiger partial charge in [0.05, 0.1) is 19.3 Å². The average molecular weight is 217 g/mol. The Labute approximate surface area is 98.0 Å². The van der Waals surface area contributed by atoms with E-state index in [4.69, 9.17) is 11.2 Å². The largest absolute Gasteiger partial charge is 0.375 e. The maximum absolute atomic E-state index is 5.60. The third-order valence-corrected chi connectivity index (χ3v) is 2.26. The highest BCUT2D eigenvalue weighted by molar-refractivity contribution is 5.13. The summed E-state index contributed by atoms with van der Waals surface area (Å²) in [5, 5.41) is 3.25. The van der Waals surface area contributed by atoms with Crippen molar-refractivity contribution in [1.82, 2.24) is 5.32 Å². The first-order chi connectivity index (χ1) is 7.72. The number of nitrogens with one attached hydrogen (secondary N) is 1. The normalized spacial score (nSPS) is 14.1. The Bertz CT molecular complexity index is 328. The molecule has 1 aromatic rings. The molecule has 86 valence electrons. The van der Waals surface area contributed by atoms with Gasteiger partial charge in [0.1, 0.15) is 0 Å². The lowest BCUT2D eigenvalue weighted by Gasteiger charge is -2.16. The zero-order valence-electron chi connectivity index (χ0n) is 9.94. The molecule has 2 heteroatoms. The van der Waals surface area contributed by atoms with E-state index in [1.807, 2.05) is 25.1 Å². The Balaban J connectivity index is 2.19. The van der Waals surface area contributed by atoms with E-state index >= 15 is 0 Å². The molecule has 0 fully saturated rings. The maximum atomic E-state index is 5.60. The van der Waals surface area contributed by atoms with E-state index in [-0.39, 0.29) is 12.1 Å². The molecule has 0 bridgehead atoms. The van der Waals surface area contributed by atoms with Crippen molar-refractivity contribution in [1.29, 1.82) is 0 Å². The molecular formula is C14H19NO. The third-order valence-electron chi connectivity index (χ3n) is 2.26.